The number of nitrogens with zero attached hydrogens (tertiary/aromatic N) is 6. The number of nitrogens with one attached hydrogen (secondary N) is 1. The van der Waals surface area contributed by atoms with E-state index < -0.39 is 0 Å². The Balaban J connectivity index is 0.00000272. The van der Waals surface area contributed by atoms with Crippen molar-refractivity contribution in [2.24, 2.45) is 4.99 Å². The number of hydrogen-bond acceptors (Lipinski definition) is 6. The van der Waals surface area contributed by atoms with Crippen LogP contribution in [0.4, 0.5) is 10.3 Å². The molecule has 1 aliphatic heterocycles. The molecule has 1 fully saturated rings. The lowest BCUT2D eigenvalue weighted by atomic mass is 10.2. The minimum atomic E-state index is -0.279. The molecule has 1 aliphatic rings. The average Bonchev–Trinajstić information content (AvgIpc) is 3.27. The first kappa shape index (κ1) is 22.9. The van der Waals surface area contributed by atoms with E-state index in [0.29, 0.717) is 18.9 Å². The summed E-state index contributed by atoms with van der Waals surface area (Å²) in [5.74, 6) is 1.85. The number of hydrogen-bond donors (Lipinski definition) is 1. The Hall–Kier alpha value is -2.76. The van der Waals surface area contributed by atoms with Crippen molar-refractivity contribution in [3.63, 3.8) is 0 Å². The van der Waals surface area contributed by atoms with E-state index in [1.54, 1.807) is 37.8 Å². The summed E-state index contributed by atoms with van der Waals surface area (Å²) < 4.78 is 18.6. The molecular weight excluding hydrogens is 512 g/mol. The largest absolute Gasteiger partial charge is 0.444 e. The zero-order valence-corrected chi connectivity index (χ0v) is 19.6. The number of benzene rings is 1. The minimum absolute atomic E-state index is 0. The zero-order valence-electron chi connectivity index (χ0n) is 17.2. The molecule has 10 heteroatoms. The molecule has 31 heavy (non-hydrogen) atoms. The monoisotopic (exact) mass is 537 g/mol. The molecule has 3 heterocycles. The van der Waals surface area contributed by atoms with Crippen molar-refractivity contribution in [1.29, 1.82) is 0 Å². The Morgan fingerprint density at radius 2 is 1.84 bits per heavy atom. The molecule has 0 saturated carbocycles. The van der Waals surface area contributed by atoms with Crippen LogP contribution in [0.25, 0.3) is 11.5 Å². The van der Waals surface area contributed by atoms with Crippen molar-refractivity contribution in [2.75, 3.05) is 44.7 Å². The lowest BCUT2D eigenvalue weighted by Crippen LogP contribution is -2.53. The van der Waals surface area contributed by atoms with Gasteiger partial charge in [-0.1, -0.05) is 0 Å². The van der Waals surface area contributed by atoms with Crippen LogP contribution in [0.15, 0.2) is 58.4 Å². The number of aromatic nitrogens is 3. The summed E-state index contributed by atoms with van der Waals surface area (Å²) in [6, 6.07) is 7.93. The zero-order chi connectivity index (χ0) is 20.8. The summed E-state index contributed by atoms with van der Waals surface area (Å²) in [6.45, 7) is 4.06. The summed E-state index contributed by atoms with van der Waals surface area (Å²) in [5.41, 5.74) is 1.59. The normalized spacial score (nSPS) is 14.3. The van der Waals surface area contributed by atoms with Gasteiger partial charge in [-0.3, -0.25) is 4.99 Å². The second-order valence-electron chi connectivity index (χ2n) is 6.90. The van der Waals surface area contributed by atoms with Crippen molar-refractivity contribution in [3.8, 4) is 11.5 Å². The van der Waals surface area contributed by atoms with Gasteiger partial charge in [-0.2, -0.15) is 0 Å². The Kier molecular flexibility index (Phi) is 8.15. The van der Waals surface area contributed by atoms with E-state index in [1.165, 1.54) is 12.1 Å². The fourth-order valence-corrected chi connectivity index (χ4v) is 3.35. The first-order chi connectivity index (χ1) is 14.7. The van der Waals surface area contributed by atoms with E-state index in [9.17, 15) is 4.39 Å². The summed E-state index contributed by atoms with van der Waals surface area (Å²) in [6.07, 6.45) is 5.87. The second kappa shape index (κ2) is 11.0. The summed E-state index contributed by atoms with van der Waals surface area (Å²) in [5, 5.41) is 3.39. The molecule has 0 aliphatic carbocycles. The van der Waals surface area contributed by atoms with Gasteiger partial charge in [-0.05, 0) is 30.3 Å². The number of anilines is 1. The maximum Gasteiger partial charge on any atom is 0.226 e. The van der Waals surface area contributed by atoms with Crippen molar-refractivity contribution >= 4 is 35.9 Å². The highest BCUT2D eigenvalue weighted by molar-refractivity contribution is 14.0. The van der Waals surface area contributed by atoms with Crippen molar-refractivity contribution in [1.82, 2.24) is 25.2 Å². The van der Waals surface area contributed by atoms with Crippen LogP contribution in [-0.2, 0) is 6.42 Å². The van der Waals surface area contributed by atoms with Gasteiger partial charge in [-0.25, -0.2) is 19.3 Å². The molecule has 1 aromatic carbocycles. The highest BCUT2D eigenvalue weighted by atomic mass is 127. The third-order valence-corrected chi connectivity index (χ3v) is 4.93. The van der Waals surface area contributed by atoms with Gasteiger partial charge in [0.25, 0.3) is 0 Å². The predicted octanol–water partition coefficient (Wildman–Crippen LogP) is 2.83. The highest BCUT2D eigenvalue weighted by Crippen LogP contribution is 2.19. The van der Waals surface area contributed by atoms with E-state index in [1.807, 2.05) is 6.07 Å². The lowest BCUT2D eigenvalue weighted by molar-refractivity contribution is 0.370. The van der Waals surface area contributed by atoms with E-state index in [-0.39, 0.29) is 29.8 Å². The Bertz CT molecular complexity index is 973. The van der Waals surface area contributed by atoms with Crippen LogP contribution < -0.4 is 10.2 Å². The van der Waals surface area contributed by atoms with E-state index >= 15 is 0 Å². The third kappa shape index (κ3) is 5.90. The molecule has 3 aromatic rings. The van der Waals surface area contributed by atoms with Crippen LogP contribution in [0.1, 0.15) is 5.69 Å². The number of guanidine groups is 1. The molecule has 2 aromatic heterocycles. The number of rotatable bonds is 5. The molecule has 1 N–H and O–H groups in total. The minimum Gasteiger partial charge on any atom is -0.444 e. The maximum atomic E-state index is 13.1. The molecule has 8 nitrogen and oxygen atoms in total. The molecule has 4 rings (SSSR count). The van der Waals surface area contributed by atoms with Gasteiger partial charge in [-0.15, -0.1) is 24.0 Å². The fourth-order valence-electron chi connectivity index (χ4n) is 3.35. The Labute approximate surface area is 197 Å². The summed E-state index contributed by atoms with van der Waals surface area (Å²) in [4.78, 5) is 21.9. The number of piperazine rings is 1. The van der Waals surface area contributed by atoms with Gasteiger partial charge in [0.1, 0.15) is 12.1 Å². The molecule has 0 amide bonds. The molecule has 1 saturated heterocycles. The van der Waals surface area contributed by atoms with Crippen LogP contribution in [-0.4, -0.2) is 65.6 Å². The fraction of sp³-hybridized carbons (Fsp3) is 0.333. The van der Waals surface area contributed by atoms with Crippen LogP contribution >= 0.6 is 24.0 Å². The molecular formula is C21H25FIN7O. The molecule has 0 radical (unpaired) electrons. The Morgan fingerprint density at radius 3 is 2.52 bits per heavy atom. The average molecular weight is 537 g/mol. The molecule has 0 atom stereocenters. The standard InChI is InChI=1S/C21H24FN7O.HI/c1-23-20(28-11-13-29(14-12-28)21-24-8-2-9-25-21)26-10-7-18-15-30-19(27-18)16-3-5-17(22)6-4-16;/h2-6,8-9,15H,7,10-14H2,1H3,(H,23,26);1H. The van der Waals surface area contributed by atoms with Crippen LogP contribution in [0.3, 0.4) is 0 Å². The van der Waals surface area contributed by atoms with Gasteiger partial charge in [0.2, 0.25) is 11.8 Å². The molecule has 0 unspecified atom stereocenters. The first-order valence-corrected chi connectivity index (χ1v) is 9.91. The predicted molar refractivity (Wildman–Crippen MR) is 128 cm³/mol. The summed E-state index contributed by atoms with van der Waals surface area (Å²) >= 11 is 0. The highest BCUT2D eigenvalue weighted by Gasteiger charge is 2.21. The smallest absolute Gasteiger partial charge is 0.226 e. The van der Waals surface area contributed by atoms with Crippen molar-refractivity contribution in [2.45, 2.75) is 6.42 Å². The van der Waals surface area contributed by atoms with Gasteiger partial charge in [0.05, 0.1) is 5.69 Å². The SMILES string of the molecule is CN=C(NCCc1coc(-c2ccc(F)cc2)n1)N1CCN(c2ncccn2)CC1.I. The number of halogens is 2. The van der Waals surface area contributed by atoms with Crippen molar-refractivity contribution < 1.29 is 8.81 Å². The van der Waals surface area contributed by atoms with E-state index in [2.05, 4.69) is 35.1 Å². The first-order valence-electron chi connectivity index (χ1n) is 9.91. The Morgan fingerprint density at radius 1 is 1.13 bits per heavy atom. The van der Waals surface area contributed by atoms with Crippen LogP contribution in [0, 0.1) is 5.82 Å². The van der Waals surface area contributed by atoms with E-state index in [0.717, 1.165) is 49.3 Å². The van der Waals surface area contributed by atoms with Crippen molar-refractivity contribution in [3.05, 3.63) is 60.5 Å². The van der Waals surface area contributed by atoms with Crippen LogP contribution in [0.5, 0.6) is 0 Å². The molecule has 164 valence electrons. The molecule has 0 spiro atoms. The quantitative estimate of drug-likeness (QED) is 0.305. The van der Waals surface area contributed by atoms with Gasteiger partial charge < -0.3 is 19.5 Å². The topological polar surface area (TPSA) is 82.7 Å². The second-order valence-corrected chi connectivity index (χ2v) is 6.90. The number of aliphatic imine (C=N–C) groups is 1. The summed E-state index contributed by atoms with van der Waals surface area (Å²) in [7, 11) is 1.79. The maximum absolute atomic E-state index is 13.1. The van der Waals surface area contributed by atoms with E-state index in [4.69, 9.17) is 4.42 Å². The number of oxazole rings is 1. The molecule has 0 bridgehead atoms. The van der Waals surface area contributed by atoms with Gasteiger partial charge in [0, 0.05) is 64.1 Å². The lowest BCUT2D eigenvalue weighted by Gasteiger charge is -2.36. The van der Waals surface area contributed by atoms with Gasteiger partial charge >= 0.3 is 0 Å². The van der Waals surface area contributed by atoms with Crippen LogP contribution in [0.2, 0.25) is 0 Å². The van der Waals surface area contributed by atoms with Gasteiger partial charge in [0.15, 0.2) is 5.96 Å². The third-order valence-electron chi connectivity index (χ3n) is 4.93.